The number of hydrogen-bond donors (Lipinski definition) is 0. The van der Waals surface area contributed by atoms with Gasteiger partial charge in [-0.1, -0.05) is 159 Å². The summed E-state index contributed by atoms with van der Waals surface area (Å²) in [5.74, 6) is 0.711. The number of rotatable bonds is 5. The van der Waals surface area contributed by atoms with Crippen LogP contribution in [0, 0.1) is 0 Å². The predicted octanol–water partition coefficient (Wildman–Crippen LogP) is 14.6. The summed E-state index contributed by atoms with van der Waals surface area (Å²) >= 11 is 1.85. The first-order chi connectivity index (χ1) is 27.5. The number of benzene rings is 8. The van der Waals surface area contributed by atoms with Gasteiger partial charge in [0.25, 0.3) is 0 Å². The van der Waals surface area contributed by atoms with E-state index in [1.807, 2.05) is 17.4 Å². The second kappa shape index (κ2) is 12.7. The van der Waals surface area contributed by atoms with Crippen molar-refractivity contribution < 1.29 is 0 Å². The van der Waals surface area contributed by atoms with Crippen LogP contribution < -0.4 is 0 Å². The van der Waals surface area contributed by atoms with Crippen molar-refractivity contribution >= 4 is 42.3 Å². The third kappa shape index (κ3) is 5.23. The van der Waals surface area contributed by atoms with Crippen molar-refractivity contribution in [2.24, 2.45) is 0 Å². The SMILES string of the molecule is CC1(C)c2cc3ccccc3cc2-c2c(-c3ccccc3-c3cc(-c4ccc(-c5ccc6sc7ccccc7c6c5)cc4)nc(-c4ccccc4)n3)cccc21. The largest absolute Gasteiger partial charge is 0.228 e. The third-order valence-corrected chi connectivity index (χ3v) is 12.9. The van der Waals surface area contributed by atoms with Gasteiger partial charge in [-0.3, -0.25) is 0 Å². The van der Waals surface area contributed by atoms with E-state index in [4.69, 9.17) is 9.97 Å². The smallest absolute Gasteiger partial charge is 0.160 e. The van der Waals surface area contributed by atoms with Gasteiger partial charge in [0, 0.05) is 42.3 Å². The standard InChI is InChI=1S/C53H36N2S/c1-53(2)45-21-12-20-42(51(45)44-30-36-15-6-7-16-37(36)31-46(44)53)39-17-8-9-18-40(39)48-32-47(54-52(55-48)35-13-4-3-5-14-35)34-25-23-33(24-26-34)38-27-28-50-43(29-38)41-19-10-11-22-49(41)56-50/h3-32H,1-2H3. The first-order valence-corrected chi connectivity index (χ1v) is 20.0. The summed E-state index contributed by atoms with van der Waals surface area (Å²) in [6.07, 6.45) is 0. The predicted molar refractivity (Wildman–Crippen MR) is 237 cm³/mol. The summed E-state index contributed by atoms with van der Waals surface area (Å²) < 4.78 is 2.64. The summed E-state index contributed by atoms with van der Waals surface area (Å²) in [5.41, 5.74) is 14.9. The lowest BCUT2D eigenvalue weighted by molar-refractivity contribution is 0.661. The van der Waals surface area contributed by atoms with Crippen LogP contribution in [0.2, 0.25) is 0 Å². The quantitative estimate of drug-likeness (QED) is 0.176. The Labute approximate surface area is 330 Å². The molecule has 0 N–H and O–H groups in total. The fourth-order valence-electron chi connectivity index (χ4n) is 8.83. The lowest BCUT2D eigenvalue weighted by Gasteiger charge is -2.22. The molecule has 8 aromatic carbocycles. The molecule has 2 nitrogen and oxygen atoms in total. The first-order valence-electron chi connectivity index (χ1n) is 19.2. The van der Waals surface area contributed by atoms with Crippen molar-refractivity contribution in [2.45, 2.75) is 19.3 Å². The maximum atomic E-state index is 5.30. The zero-order valence-electron chi connectivity index (χ0n) is 31.1. The molecule has 0 unspecified atom stereocenters. The van der Waals surface area contributed by atoms with Crippen LogP contribution in [0.4, 0.5) is 0 Å². The average Bonchev–Trinajstić information content (AvgIpc) is 3.74. The molecular formula is C53H36N2S. The van der Waals surface area contributed by atoms with Crippen LogP contribution in [-0.2, 0) is 5.41 Å². The highest BCUT2D eigenvalue weighted by Gasteiger charge is 2.37. The summed E-state index contributed by atoms with van der Waals surface area (Å²) in [4.78, 5) is 10.5. The molecule has 0 saturated carbocycles. The van der Waals surface area contributed by atoms with Crippen molar-refractivity contribution in [1.82, 2.24) is 9.97 Å². The number of hydrogen-bond acceptors (Lipinski definition) is 3. The zero-order chi connectivity index (χ0) is 37.4. The third-order valence-electron chi connectivity index (χ3n) is 11.7. The van der Waals surface area contributed by atoms with Gasteiger partial charge in [0.2, 0.25) is 0 Å². The maximum Gasteiger partial charge on any atom is 0.160 e. The Morgan fingerprint density at radius 2 is 1.04 bits per heavy atom. The zero-order valence-corrected chi connectivity index (χ0v) is 31.9. The van der Waals surface area contributed by atoms with Gasteiger partial charge in [-0.15, -0.1) is 11.3 Å². The Morgan fingerprint density at radius 3 is 1.88 bits per heavy atom. The fraction of sp³-hybridized carbons (Fsp3) is 0.0566. The van der Waals surface area contributed by atoms with Gasteiger partial charge in [-0.05, 0) is 91.7 Å². The summed E-state index contributed by atoms with van der Waals surface area (Å²) in [7, 11) is 0. The van der Waals surface area contributed by atoms with Crippen molar-refractivity contribution in [3.8, 4) is 67.3 Å². The Kier molecular flexibility index (Phi) is 7.42. The van der Waals surface area contributed by atoms with Gasteiger partial charge < -0.3 is 0 Å². The molecule has 56 heavy (non-hydrogen) atoms. The number of thiophene rings is 1. The van der Waals surface area contributed by atoms with E-state index in [0.29, 0.717) is 5.82 Å². The van der Waals surface area contributed by atoms with E-state index in [-0.39, 0.29) is 5.41 Å². The highest BCUT2D eigenvalue weighted by atomic mass is 32.1. The van der Waals surface area contributed by atoms with Crippen LogP contribution in [0.1, 0.15) is 25.0 Å². The molecule has 0 bridgehead atoms. The molecule has 11 rings (SSSR count). The van der Waals surface area contributed by atoms with Gasteiger partial charge in [0.05, 0.1) is 11.4 Å². The number of aromatic nitrogens is 2. The van der Waals surface area contributed by atoms with Crippen molar-refractivity contribution in [2.75, 3.05) is 0 Å². The topological polar surface area (TPSA) is 25.8 Å². The van der Waals surface area contributed by atoms with Crippen LogP contribution in [0.15, 0.2) is 182 Å². The Balaban J connectivity index is 1.05. The molecule has 0 amide bonds. The van der Waals surface area contributed by atoms with Crippen molar-refractivity contribution in [1.29, 1.82) is 0 Å². The molecule has 10 aromatic rings. The Morgan fingerprint density at radius 1 is 0.393 bits per heavy atom. The molecule has 1 aliphatic carbocycles. The van der Waals surface area contributed by atoms with E-state index in [0.717, 1.165) is 33.6 Å². The van der Waals surface area contributed by atoms with Gasteiger partial charge in [0.15, 0.2) is 5.82 Å². The molecular weight excluding hydrogens is 697 g/mol. The second-order valence-corrected chi connectivity index (χ2v) is 16.4. The summed E-state index contributed by atoms with van der Waals surface area (Å²) in [5, 5.41) is 5.16. The molecule has 3 heteroatoms. The van der Waals surface area contributed by atoms with Crippen LogP contribution in [-0.4, -0.2) is 9.97 Å². The first kappa shape index (κ1) is 32.7. The van der Waals surface area contributed by atoms with E-state index >= 15 is 0 Å². The molecule has 0 radical (unpaired) electrons. The van der Waals surface area contributed by atoms with Gasteiger partial charge in [-0.2, -0.15) is 0 Å². The summed E-state index contributed by atoms with van der Waals surface area (Å²) in [6, 6.07) is 65.9. The molecule has 0 saturated heterocycles. The molecule has 0 spiro atoms. The van der Waals surface area contributed by atoms with E-state index in [1.54, 1.807) is 0 Å². The minimum atomic E-state index is -0.127. The van der Waals surface area contributed by atoms with Crippen LogP contribution in [0.5, 0.6) is 0 Å². The number of fused-ring (bicyclic) bond motifs is 7. The van der Waals surface area contributed by atoms with Gasteiger partial charge in [0.1, 0.15) is 0 Å². The molecule has 0 aliphatic heterocycles. The minimum absolute atomic E-state index is 0.127. The molecule has 264 valence electrons. The van der Waals surface area contributed by atoms with Crippen LogP contribution in [0.3, 0.4) is 0 Å². The van der Waals surface area contributed by atoms with E-state index in [9.17, 15) is 0 Å². The maximum absolute atomic E-state index is 5.30. The van der Waals surface area contributed by atoms with E-state index in [1.165, 1.54) is 69.9 Å². The minimum Gasteiger partial charge on any atom is -0.228 e. The average molecular weight is 733 g/mol. The van der Waals surface area contributed by atoms with E-state index in [2.05, 4.69) is 190 Å². The van der Waals surface area contributed by atoms with Crippen LogP contribution in [0.25, 0.3) is 98.2 Å². The fourth-order valence-corrected chi connectivity index (χ4v) is 9.91. The monoisotopic (exact) mass is 732 g/mol. The highest BCUT2D eigenvalue weighted by Crippen LogP contribution is 2.54. The van der Waals surface area contributed by atoms with E-state index < -0.39 is 0 Å². The van der Waals surface area contributed by atoms with Crippen LogP contribution >= 0.6 is 11.3 Å². The second-order valence-electron chi connectivity index (χ2n) is 15.4. The Bertz CT molecular complexity index is 3150. The lowest BCUT2D eigenvalue weighted by atomic mass is 9.81. The van der Waals surface area contributed by atoms with Crippen molar-refractivity contribution in [3.63, 3.8) is 0 Å². The van der Waals surface area contributed by atoms with Crippen molar-refractivity contribution in [3.05, 3.63) is 193 Å². The molecule has 2 heterocycles. The normalized spacial score (nSPS) is 13.0. The van der Waals surface area contributed by atoms with Gasteiger partial charge in [-0.25, -0.2) is 9.97 Å². The molecule has 0 atom stereocenters. The number of nitrogens with zero attached hydrogens (tertiary/aromatic N) is 2. The Hall–Kier alpha value is -6.68. The summed E-state index contributed by atoms with van der Waals surface area (Å²) in [6.45, 7) is 4.72. The molecule has 1 aliphatic rings. The molecule has 2 aromatic heterocycles. The lowest BCUT2D eigenvalue weighted by Crippen LogP contribution is -2.14. The highest BCUT2D eigenvalue weighted by molar-refractivity contribution is 7.25. The van der Waals surface area contributed by atoms with Gasteiger partial charge >= 0.3 is 0 Å². The molecule has 0 fully saturated rings.